The molecule has 0 bridgehead atoms. The van der Waals surface area contributed by atoms with Gasteiger partial charge in [0.05, 0.1) is 28.9 Å². The van der Waals surface area contributed by atoms with Crippen molar-refractivity contribution in [3.05, 3.63) is 84.6 Å². The van der Waals surface area contributed by atoms with Crippen molar-refractivity contribution < 1.29 is 0 Å². The van der Waals surface area contributed by atoms with Crippen LogP contribution in [0.5, 0.6) is 0 Å². The van der Waals surface area contributed by atoms with Gasteiger partial charge in [0.15, 0.2) is 44.4 Å². The maximum atomic E-state index is 4.98. The van der Waals surface area contributed by atoms with Crippen molar-refractivity contribution in [1.82, 2.24) is 94.9 Å². The quantitative estimate of drug-likeness (QED) is 0.0764. The number of pyridine rings is 3. The van der Waals surface area contributed by atoms with Crippen LogP contribution in [0.25, 0.3) is 116 Å². The molecule has 29 heteroatoms. The maximum absolute atomic E-state index is 4.98. The Balaban J connectivity index is 0.000000110. The minimum absolute atomic E-state index is 0.549. The predicted octanol–water partition coefficient (Wildman–Crippen LogP) is 13.9. The van der Waals surface area contributed by atoms with Crippen LogP contribution in [-0.2, 0) is 0 Å². The third-order valence-corrected chi connectivity index (χ3v) is 25.9. The monoisotopic (exact) mass is 1400 g/mol. The molecule has 4 aliphatic rings. The molecule has 2 atom stereocenters. The summed E-state index contributed by atoms with van der Waals surface area (Å²) in [6, 6.07) is 8.65. The van der Waals surface area contributed by atoms with E-state index in [1.165, 1.54) is 77.5 Å². The number of aromatic nitrogens is 16. The van der Waals surface area contributed by atoms with E-state index in [1.807, 2.05) is 68.0 Å². The first kappa shape index (κ1) is 59.8. The molecule has 22 nitrogen and oxygen atoms in total. The number of H-pyrrole nitrogens is 5. The molecule has 5 N–H and O–H groups in total. The van der Waals surface area contributed by atoms with Crippen LogP contribution in [0.1, 0.15) is 58.3 Å². The lowest BCUT2D eigenvalue weighted by Gasteiger charge is -2.39. The van der Waals surface area contributed by atoms with E-state index in [0.29, 0.717) is 18.1 Å². The normalized spacial score (nSPS) is 18.0. The third-order valence-electron chi connectivity index (χ3n) is 18.9. The molecule has 0 radical (unpaired) electrons. The summed E-state index contributed by atoms with van der Waals surface area (Å²) in [6.07, 6.45) is 28.8. The molecule has 14 aromatic rings. The number of nitrogens with one attached hydrogen (secondary N) is 5. The number of hydrogen-bond acceptors (Lipinski definition) is 23. The first-order chi connectivity index (χ1) is 45.0. The minimum Gasteiger partial charge on any atom is -0.359 e. The van der Waals surface area contributed by atoms with E-state index in [9.17, 15) is 0 Å². The molecule has 0 saturated carbocycles. The lowest BCUT2D eigenvalue weighted by atomic mass is 9.97. The number of hydrogen-bond donors (Lipinski definition) is 5. The largest absolute Gasteiger partial charge is 0.359 e. The summed E-state index contributed by atoms with van der Waals surface area (Å²) in [6.45, 7) is 10.5. The molecule has 4 aliphatic heterocycles. The lowest BCUT2D eigenvalue weighted by Crippen LogP contribution is -2.46. The van der Waals surface area contributed by atoms with Gasteiger partial charge in [-0.05, 0) is 119 Å². The summed E-state index contributed by atoms with van der Waals surface area (Å²) in [5.41, 5.74) is 9.78. The molecule has 0 aliphatic carbocycles. The van der Waals surface area contributed by atoms with Crippen LogP contribution in [0.15, 0.2) is 84.6 Å². The second-order valence-corrected chi connectivity index (χ2v) is 30.8. The zero-order valence-corrected chi connectivity index (χ0v) is 57.8. The van der Waals surface area contributed by atoms with E-state index < -0.39 is 0 Å². The van der Waals surface area contributed by atoms with Gasteiger partial charge in [0.25, 0.3) is 0 Å². The van der Waals surface area contributed by atoms with Gasteiger partial charge in [0.1, 0.15) is 32.1 Å². The Morgan fingerprint density at radius 3 is 1.40 bits per heavy atom. The van der Waals surface area contributed by atoms with E-state index in [0.717, 1.165) is 162 Å². The molecule has 472 valence electrons. The first-order valence-corrected chi connectivity index (χ1v) is 36.9. The van der Waals surface area contributed by atoms with Gasteiger partial charge in [-0.2, -0.15) is 10.2 Å². The predicted molar refractivity (Wildman–Crippen MR) is 382 cm³/mol. The highest BCUT2D eigenvalue weighted by molar-refractivity contribution is 9.10. The zero-order chi connectivity index (χ0) is 62.1. The number of piperidine rings is 3. The van der Waals surface area contributed by atoms with Crippen LogP contribution in [0, 0.1) is 0 Å². The third kappa shape index (κ3) is 11.4. The summed E-state index contributed by atoms with van der Waals surface area (Å²) in [7, 11) is 8.74. The van der Waals surface area contributed by atoms with E-state index in [1.54, 1.807) is 68.0 Å². The van der Waals surface area contributed by atoms with Crippen molar-refractivity contribution in [1.29, 1.82) is 0 Å². The molecule has 0 spiro atoms. The van der Waals surface area contributed by atoms with Gasteiger partial charge in [-0.3, -0.25) is 25.1 Å². The summed E-state index contributed by atoms with van der Waals surface area (Å²) in [4.78, 5) is 74.3. The summed E-state index contributed by atoms with van der Waals surface area (Å²) < 4.78 is 0.987. The van der Waals surface area contributed by atoms with E-state index in [4.69, 9.17) is 39.9 Å². The number of nitrogens with zero attached hydrogens (tertiary/aromatic N) is 17. The number of likely N-dealkylation sites (tertiary alicyclic amines) is 2. The number of rotatable bonds is 12. The molecule has 0 aromatic carbocycles. The Morgan fingerprint density at radius 1 is 0.500 bits per heavy atom. The number of fused-ring (bicyclic) bond motifs is 7. The van der Waals surface area contributed by atoms with Crippen molar-refractivity contribution in [2.75, 3.05) is 88.7 Å². The molecule has 4 saturated heterocycles. The van der Waals surface area contributed by atoms with Crippen LogP contribution >= 0.6 is 84.0 Å². The molecule has 18 rings (SSSR count). The molecule has 18 heterocycles. The number of halogens is 1. The fraction of sp³-hybridized carbons (Fsp3) is 0.381. The Kier molecular flexibility index (Phi) is 16.4. The van der Waals surface area contributed by atoms with Gasteiger partial charge >= 0.3 is 0 Å². The lowest BCUT2D eigenvalue weighted by molar-refractivity contribution is 0.180. The zero-order valence-electron chi connectivity index (χ0n) is 51.4. The van der Waals surface area contributed by atoms with Crippen LogP contribution in [0.2, 0.25) is 0 Å². The topological polar surface area (TPSA) is 240 Å². The second kappa shape index (κ2) is 25.3. The Labute approximate surface area is 561 Å². The first-order valence-electron chi connectivity index (χ1n) is 31.2. The molecule has 92 heavy (non-hydrogen) atoms. The average molecular weight is 1400 g/mol. The van der Waals surface area contributed by atoms with Crippen LogP contribution in [0.4, 0.5) is 15.4 Å². The Morgan fingerprint density at radius 2 is 0.935 bits per heavy atom. The fourth-order valence-corrected chi connectivity index (χ4v) is 20.2. The van der Waals surface area contributed by atoms with E-state index in [-0.39, 0.29) is 0 Å². The van der Waals surface area contributed by atoms with E-state index in [2.05, 4.69) is 133 Å². The molecular weight excluding hydrogens is 1340 g/mol. The number of aromatic amines is 5. The highest BCUT2D eigenvalue weighted by atomic mass is 79.9. The van der Waals surface area contributed by atoms with Crippen LogP contribution < -0.4 is 14.7 Å². The molecular formula is C63H67BrN22S6. The number of anilines is 3. The van der Waals surface area contributed by atoms with E-state index >= 15 is 0 Å². The van der Waals surface area contributed by atoms with Crippen molar-refractivity contribution >= 4 is 161 Å². The van der Waals surface area contributed by atoms with Crippen LogP contribution in [0.3, 0.4) is 0 Å². The second-order valence-electron chi connectivity index (χ2n) is 24.2. The standard InChI is InChI=1S/C23H24N8S2.C22H24N8S2.C18H19BrN6S2/c1-30(14-5-8-31-7-2-3-15(31)9-14)23-29-22-21(33-23)28-20(32-22)19-18-16(4-6-24-18)17(12-25-19)13-10-26-27-11-13;1-3-30-8-5-14(6-9-30)29(2)22-28-21-20(32-22)27-19(31-21)18-17-15(4-7-23-17)16(12-24-18)13-10-25-26-11-13;1-24-7-4-10(5-8-24)25(2)18-23-17-16(27-18)22-15(26-17)14-13-11(3-6-20-13)12(19)9-21-14/h4,6,10-12,14-15,24H,2-3,5,7-9H2,1H3,(H,26,27);4,7,10-12,14,23H,3,5-6,8-9H2,1-2H3,(H,25,26);3,6,9-10,20H,4-5,7-8H2,1-2H3. The molecule has 4 fully saturated rings. The van der Waals surface area contributed by atoms with Gasteiger partial charge in [-0.1, -0.05) is 74.9 Å². The SMILES string of the molecule is CCN1CCC(N(C)c2nc3sc(-c4ncc(-c5cn[nH]c5)c5cc[nH]c45)nc3s2)CC1.CN(c1nc2sc(-c3ncc(-c4cn[nH]c4)c4cc[nH]c34)nc2s1)C1CCN2CCCC2C1.CN1CCC(N(C)c2nc3sc(-c4ncc(Br)c5cc[nH]c45)nc3s2)CC1. The molecule has 2 unspecified atom stereocenters. The maximum Gasteiger partial charge on any atom is 0.188 e. The van der Waals surface area contributed by atoms with Gasteiger partial charge in [-0.15, -0.1) is 0 Å². The van der Waals surface area contributed by atoms with Crippen molar-refractivity contribution in [3.63, 3.8) is 0 Å². The summed E-state index contributed by atoms with van der Waals surface area (Å²) in [5, 5.41) is 23.2. The van der Waals surface area contributed by atoms with Crippen molar-refractivity contribution in [2.45, 2.75) is 82.5 Å². The molecule has 0 amide bonds. The highest BCUT2D eigenvalue weighted by Crippen LogP contribution is 2.44. The van der Waals surface area contributed by atoms with Crippen molar-refractivity contribution in [2.24, 2.45) is 0 Å². The summed E-state index contributed by atoms with van der Waals surface area (Å²) >= 11 is 13.5. The van der Waals surface area contributed by atoms with Gasteiger partial charge < -0.3 is 44.4 Å². The Hall–Kier alpha value is -7.19. The Bertz CT molecular complexity index is 4760. The van der Waals surface area contributed by atoms with Crippen LogP contribution in [-0.4, -0.2) is 193 Å². The van der Waals surface area contributed by atoms with Gasteiger partial charge in [0.2, 0.25) is 0 Å². The van der Waals surface area contributed by atoms with Gasteiger partial charge in [-0.25, -0.2) is 29.9 Å². The number of thiazole rings is 6. The minimum atomic E-state index is 0.549. The highest BCUT2D eigenvalue weighted by Gasteiger charge is 2.35. The average Bonchev–Trinajstić information content (AvgIpc) is 1.64. The van der Waals surface area contributed by atoms with Gasteiger partial charge in [0, 0.05) is 157 Å². The van der Waals surface area contributed by atoms with Crippen molar-refractivity contribution in [3.8, 4) is 54.4 Å². The summed E-state index contributed by atoms with van der Waals surface area (Å²) in [5.74, 6) is 0. The fourth-order valence-electron chi connectivity index (χ4n) is 13.5. The molecule has 14 aromatic heterocycles. The smallest absolute Gasteiger partial charge is 0.188 e.